The summed E-state index contributed by atoms with van der Waals surface area (Å²) in [6, 6.07) is 0. The molecule has 0 bridgehead atoms. The molecule has 1 heterocycles. The van der Waals surface area contributed by atoms with Crippen molar-refractivity contribution in [2.24, 2.45) is 17.6 Å². The van der Waals surface area contributed by atoms with Crippen LogP contribution in [-0.4, -0.2) is 55.5 Å². The van der Waals surface area contributed by atoms with Gasteiger partial charge in [0.15, 0.2) is 0 Å². The maximum atomic E-state index is 10.5. The van der Waals surface area contributed by atoms with E-state index in [1.807, 2.05) is 0 Å². The van der Waals surface area contributed by atoms with Crippen LogP contribution in [0.1, 0.15) is 38.5 Å². The van der Waals surface area contributed by atoms with Gasteiger partial charge in [0.25, 0.3) is 0 Å². The standard InChI is InChI=1S/C15H30N2O2/c1-19-11-13-4-3-8-17(10-13)9-6-14-5-2-7-15(14,18)12-16/h13-14,18H,2-12,16H2,1H3. The molecule has 0 aromatic rings. The van der Waals surface area contributed by atoms with E-state index in [0.29, 0.717) is 18.4 Å². The average Bonchev–Trinajstić information content (AvgIpc) is 2.79. The van der Waals surface area contributed by atoms with E-state index in [9.17, 15) is 5.11 Å². The molecule has 19 heavy (non-hydrogen) atoms. The zero-order valence-corrected chi connectivity index (χ0v) is 12.3. The Kier molecular flexibility index (Phi) is 5.63. The van der Waals surface area contributed by atoms with Gasteiger partial charge in [-0.25, -0.2) is 0 Å². The minimum Gasteiger partial charge on any atom is -0.388 e. The highest BCUT2D eigenvalue weighted by Crippen LogP contribution is 2.37. The minimum atomic E-state index is -0.582. The molecule has 0 aromatic heterocycles. The second-order valence-corrected chi connectivity index (χ2v) is 6.45. The fourth-order valence-electron chi connectivity index (χ4n) is 3.87. The highest BCUT2D eigenvalue weighted by atomic mass is 16.5. The van der Waals surface area contributed by atoms with E-state index in [4.69, 9.17) is 10.5 Å². The molecule has 1 aliphatic carbocycles. The summed E-state index contributed by atoms with van der Waals surface area (Å²) >= 11 is 0. The number of hydrogen-bond acceptors (Lipinski definition) is 4. The van der Waals surface area contributed by atoms with Crippen LogP contribution in [0, 0.1) is 11.8 Å². The van der Waals surface area contributed by atoms with E-state index in [-0.39, 0.29) is 0 Å². The van der Waals surface area contributed by atoms with E-state index in [1.54, 1.807) is 7.11 Å². The summed E-state index contributed by atoms with van der Waals surface area (Å²) in [5, 5.41) is 10.5. The number of ether oxygens (including phenoxy) is 1. The molecule has 1 saturated carbocycles. The van der Waals surface area contributed by atoms with Crippen LogP contribution in [0.15, 0.2) is 0 Å². The third-order valence-corrected chi connectivity index (χ3v) is 5.07. The Hall–Kier alpha value is -0.160. The molecule has 0 spiro atoms. The Morgan fingerprint density at radius 2 is 2.21 bits per heavy atom. The van der Waals surface area contributed by atoms with Gasteiger partial charge in [-0.05, 0) is 57.0 Å². The monoisotopic (exact) mass is 270 g/mol. The van der Waals surface area contributed by atoms with Crippen molar-refractivity contribution < 1.29 is 9.84 Å². The maximum absolute atomic E-state index is 10.5. The van der Waals surface area contributed by atoms with Gasteiger partial charge < -0.3 is 20.5 Å². The molecule has 2 aliphatic rings. The van der Waals surface area contributed by atoms with Gasteiger partial charge in [-0.2, -0.15) is 0 Å². The molecule has 112 valence electrons. The highest BCUT2D eigenvalue weighted by molar-refractivity contribution is 4.93. The smallest absolute Gasteiger partial charge is 0.0797 e. The summed E-state index contributed by atoms with van der Waals surface area (Å²) in [5.74, 6) is 1.09. The molecule has 3 unspecified atom stereocenters. The first-order valence-electron chi connectivity index (χ1n) is 7.81. The SMILES string of the molecule is COCC1CCCN(CCC2CCCC2(O)CN)C1. The van der Waals surface area contributed by atoms with Crippen LogP contribution in [0.25, 0.3) is 0 Å². The summed E-state index contributed by atoms with van der Waals surface area (Å²) in [7, 11) is 1.79. The molecule has 2 rings (SSSR count). The summed E-state index contributed by atoms with van der Waals surface area (Å²) in [5.41, 5.74) is 5.17. The van der Waals surface area contributed by atoms with Crippen LogP contribution < -0.4 is 5.73 Å². The van der Waals surface area contributed by atoms with Gasteiger partial charge in [-0.15, -0.1) is 0 Å². The molecule has 1 saturated heterocycles. The lowest BCUT2D eigenvalue weighted by Gasteiger charge is -2.35. The summed E-state index contributed by atoms with van der Waals surface area (Å²) < 4.78 is 5.27. The normalized spacial score (nSPS) is 36.8. The molecule has 4 heteroatoms. The number of aliphatic hydroxyl groups is 1. The minimum absolute atomic E-state index is 0.403. The van der Waals surface area contributed by atoms with Crippen molar-refractivity contribution in [1.82, 2.24) is 4.90 Å². The molecule has 4 nitrogen and oxygen atoms in total. The molecular formula is C15H30N2O2. The molecular weight excluding hydrogens is 240 g/mol. The largest absolute Gasteiger partial charge is 0.388 e. The Bertz CT molecular complexity index is 273. The van der Waals surface area contributed by atoms with Crippen LogP contribution in [0.4, 0.5) is 0 Å². The van der Waals surface area contributed by atoms with Crippen molar-refractivity contribution >= 4 is 0 Å². The van der Waals surface area contributed by atoms with Crippen LogP contribution in [0.3, 0.4) is 0 Å². The van der Waals surface area contributed by atoms with Gasteiger partial charge in [0.1, 0.15) is 0 Å². The molecule has 3 atom stereocenters. The van der Waals surface area contributed by atoms with Gasteiger partial charge in [0, 0.05) is 20.2 Å². The van der Waals surface area contributed by atoms with Crippen molar-refractivity contribution in [3.05, 3.63) is 0 Å². The Labute approximate surface area is 117 Å². The van der Waals surface area contributed by atoms with Crippen molar-refractivity contribution in [2.75, 3.05) is 39.9 Å². The van der Waals surface area contributed by atoms with Gasteiger partial charge in [0.05, 0.1) is 12.2 Å². The average molecular weight is 270 g/mol. The first-order chi connectivity index (χ1) is 9.18. The fraction of sp³-hybridized carbons (Fsp3) is 1.00. The molecule has 0 amide bonds. The second kappa shape index (κ2) is 7.02. The maximum Gasteiger partial charge on any atom is 0.0797 e. The van der Waals surface area contributed by atoms with Crippen LogP contribution in [-0.2, 0) is 4.74 Å². The van der Waals surface area contributed by atoms with Crippen molar-refractivity contribution in [1.29, 1.82) is 0 Å². The molecule has 1 aliphatic heterocycles. The predicted octanol–water partition coefficient (Wildman–Crippen LogP) is 1.22. The molecule has 0 radical (unpaired) electrons. The predicted molar refractivity (Wildman–Crippen MR) is 77.0 cm³/mol. The number of likely N-dealkylation sites (tertiary alicyclic amines) is 1. The number of nitrogens with two attached hydrogens (primary N) is 1. The first kappa shape index (κ1) is 15.2. The number of rotatable bonds is 6. The van der Waals surface area contributed by atoms with E-state index in [2.05, 4.69) is 4.90 Å². The Balaban J connectivity index is 1.75. The summed E-state index contributed by atoms with van der Waals surface area (Å²) in [4.78, 5) is 2.54. The summed E-state index contributed by atoms with van der Waals surface area (Å²) in [6.45, 7) is 4.76. The van der Waals surface area contributed by atoms with Crippen molar-refractivity contribution in [3.8, 4) is 0 Å². The van der Waals surface area contributed by atoms with Crippen molar-refractivity contribution in [3.63, 3.8) is 0 Å². The topological polar surface area (TPSA) is 58.7 Å². The van der Waals surface area contributed by atoms with Gasteiger partial charge in [-0.1, -0.05) is 6.42 Å². The molecule has 2 fully saturated rings. The number of methoxy groups -OCH3 is 1. The third kappa shape index (κ3) is 3.91. The molecule has 0 aromatic carbocycles. The quantitative estimate of drug-likeness (QED) is 0.762. The highest BCUT2D eigenvalue weighted by Gasteiger charge is 2.39. The number of hydrogen-bond donors (Lipinski definition) is 2. The lowest BCUT2D eigenvalue weighted by atomic mass is 9.87. The summed E-state index contributed by atoms with van der Waals surface area (Å²) in [6.07, 6.45) is 6.82. The molecule has 3 N–H and O–H groups in total. The van der Waals surface area contributed by atoms with Gasteiger partial charge in [-0.3, -0.25) is 0 Å². The zero-order valence-electron chi connectivity index (χ0n) is 12.3. The van der Waals surface area contributed by atoms with Crippen molar-refractivity contribution in [2.45, 2.75) is 44.1 Å². The fourth-order valence-corrected chi connectivity index (χ4v) is 3.87. The van der Waals surface area contributed by atoms with Crippen LogP contribution in [0.5, 0.6) is 0 Å². The first-order valence-corrected chi connectivity index (χ1v) is 7.81. The van der Waals surface area contributed by atoms with Gasteiger partial charge in [0.2, 0.25) is 0 Å². The third-order valence-electron chi connectivity index (χ3n) is 5.07. The zero-order chi connectivity index (χ0) is 13.7. The Morgan fingerprint density at radius 1 is 1.37 bits per heavy atom. The van der Waals surface area contributed by atoms with E-state index < -0.39 is 5.60 Å². The lowest BCUT2D eigenvalue weighted by Crippen LogP contribution is -2.43. The lowest BCUT2D eigenvalue weighted by molar-refractivity contribution is 0.00187. The van der Waals surface area contributed by atoms with Crippen LogP contribution in [0.2, 0.25) is 0 Å². The van der Waals surface area contributed by atoms with Gasteiger partial charge >= 0.3 is 0 Å². The van der Waals surface area contributed by atoms with E-state index in [0.717, 1.165) is 45.4 Å². The number of piperidine rings is 1. The Morgan fingerprint density at radius 3 is 2.95 bits per heavy atom. The van der Waals surface area contributed by atoms with E-state index >= 15 is 0 Å². The van der Waals surface area contributed by atoms with Crippen LogP contribution >= 0.6 is 0 Å². The second-order valence-electron chi connectivity index (χ2n) is 6.45. The van der Waals surface area contributed by atoms with E-state index in [1.165, 1.54) is 19.4 Å². The number of nitrogens with zero attached hydrogens (tertiary/aromatic N) is 1.